The minimum atomic E-state index is -1.66. The second-order valence-electron chi connectivity index (χ2n) is 10.5. The van der Waals surface area contributed by atoms with Gasteiger partial charge in [0.15, 0.2) is 0 Å². The summed E-state index contributed by atoms with van der Waals surface area (Å²) in [6.45, 7) is 7.90. The predicted octanol–water partition coefficient (Wildman–Crippen LogP) is 4.25. The molecular weight excluding hydrogens is 421 g/mol. The number of hydrogen-bond donors (Lipinski definition) is 4. The van der Waals surface area contributed by atoms with Gasteiger partial charge in [-0.25, -0.2) is 4.39 Å². The van der Waals surface area contributed by atoms with Gasteiger partial charge in [-0.1, -0.05) is 26.0 Å². The lowest BCUT2D eigenvalue weighted by Crippen LogP contribution is -2.59. The lowest BCUT2D eigenvalue weighted by molar-refractivity contribution is -0.140. The highest BCUT2D eigenvalue weighted by Crippen LogP contribution is 2.60. The molecule has 33 heavy (non-hydrogen) atoms. The third-order valence-electron chi connectivity index (χ3n) is 7.95. The Hall–Kier alpha value is -2.51. The smallest absolute Gasteiger partial charge is 0.321 e. The third kappa shape index (κ3) is 3.62. The third-order valence-corrected chi connectivity index (χ3v) is 7.95. The maximum absolute atomic E-state index is 15.5. The van der Waals surface area contributed by atoms with Gasteiger partial charge in [-0.3, -0.25) is 15.1 Å². The van der Waals surface area contributed by atoms with Gasteiger partial charge in [-0.2, -0.15) is 0 Å². The van der Waals surface area contributed by atoms with E-state index in [-0.39, 0.29) is 16.7 Å². The number of anilines is 1. The molecule has 4 rings (SSSR count). The van der Waals surface area contributed by atoms with E-state index in [4.69, 9.17) is 0 Å². The van der Waals surface area contributed by atoms with Crippen molar-refractivity contribution in [2.75, 3.05) is 12.4 Å². The van der Waals surface area contributed by atoms with Crippen molar-refractivity contribution in [3.63, 3.8) is 0 Å². The number of hydrogen-bond acceptors (Lipinski definition) is 5. The summed E-state index contributed by atoms with van der Waals surface area (Å²) in [5.41, 5.74) is 0.178. The lowest BCUT2D eigenvalue weighted by atomic mass is 9.59. The topological polar surface area (TPSA) is 94.5 Å². The van der Waals surface area contributed by atoms with Gasteiger partial charge >= 0.3 is 5.97 Å². The van der Waals surface area contributed by atoms with Crippen LogP contribution in [0.1, 0.15) is 67.8 Å². The number of aliphatic carboxylic acids is 1. The molecule has 2 aliphatic rings. The summed E-state index contributed by atoms with van der Waals surface area (Å²) in [5, 5.41) is 29.6. The average Bonchev–Trinajstić information content (AvgIpc) is 3.02. The standard InChI is InChI=1S/C26H34FN3O3/c1-15-6-7-18(19(14-15)28-5)26(33)20(17-8-13-29-16(2)21(17)27)22(23(31)32)30-25(26)11-9-24(3,4)10-12-25/h6-8,13-14,20,22,28,30,33H,9-12H2,1-5H3,(H,31,32)/t20-,22+,26?/m0/s1. The molecule has 2 aromatic rings. The summed E-state index contributed by atoms with van der Waals surface area (Å²) < 4.78 is 15.5. The molecule has 0 radical (unpaired) electrons. The largest absolute Gasteiger partial charge is 0.480 e. The molecule has 1 aromatic carbocycles. The summed E-state index contributed by atoms with van der Waals surface area (Å²) in [6, 6.07) is 6.06. The summed E-state index contributed by atoms with van der Waals surface area (Å²) >= 11 is 0. The van der Waals surface area contributed by atoms with Gasteiger partial charge in [-0.05, 0) is 68.2 Å². The molecule has 178 valence electrons. The molecule has 1 aliphatic heterocycles. The lowest BCUT2D eigenvalue weighted by Gasteiger charge is -2.51. The fourth-order valence-electron chi connectivity index (χ4n) is 5.95. The number of pyridine rings is 1. The van der Waals surface area contributed by atoms with E-state index < -0.39 is 34.9 Å². The van der Waals surface area contributed by atoms with E-state index in [1.54, 1.807) is 14.0 Å². The first-order valence-corrected chi connectivity index (χ1v) is 11.6. The molecule has 1 aromatic heterocycles. The van der Waals surface area contributed by atoms with Crippen LogP contribution >= 0.6 is 0 Å². The molecule has 6 nitrogen and oxygen atoms in total. The molecule has 4 N–H and O–H groups in total. The van der Waals surface area contributed by atoms with Crippen molar-refractivity contribution in [1.29, 1.82) is 0 Å². The van der Waals surface area contributed by atoms with E-state index in [1.165, 1.54) is 12.3 Å². The van der Waals surface area contributed by atoms with Gasteiger partial charge in [0.2, 0.25) is 0 Å². The van der Waals surface area contributed by atoms with E-state index in [0.717, 1.165) is 18.4 Å². The zero-order valence-electron chi connectivity index (χ0n) is 20.0. The molecule has 1 aliphatic carbocycles. The number of rotatable bonds is 4. The van der Waals surface area contributed by atoms with Crippen LogP contribution in [0.15, 0.2) is 30.5 Å². The number of halogens is 1. The number of carbonyl (C=O) groups is 1. The Labute approximate surface area is 194 Å². The van der Waals surface area contributed by atoms with Crippen LogP contribution in [-0.4, -0.2) is 39.8 Å². The van der Waals surface area contributed by atoms with Crippen molar-refractivity contribution < 1.29 is 19.4 Å². The highest BCUT2D eigenvalue weighted by Gasteiger charge is 2.67. The number of benzene rings is 1. The number of aliphatic hydroxyl groups is 1. The van der Waals surface area contributed by atoms with Crippen molar-refractivity contribution in [3.8, 4) is 0 Å². The van der Waals surface area contributed by atoms with E-state index in [2.05, 4.69) is 29.5 Å². The number of carboxylic acids is 1. The Morgan fingerprint density at radius 3 is 2.45 bits per heavy atom. The number of nitrogens with one attached hydrogen (secondary N) is 2. The molecule has 1 unspecified atom stereocenters. The zero-order valence-corrected chi connectivity index (χ0v) is 20.0. The summed E-state index contributed by atoms with van der Waals surface area (Å²) in [6.07, 6.45) is 4.29. The fraction of sp³-hybridized carbons (Fsp3) is 0.538. The predicted molar refractivity (Wildman–Crippen MR) is 126 cm³/mol. The van der Waals surface area contributed by atoms with Crippen molar-refractivity contribution in [1.82, 2.24) is 10.3 Å². The van der Waals surface area contributed by atoms with Crippen LogP contribution in [0.25, 0.3) is 0 Å². The molecule has 1 saturated carbocycles. The van der Waals surface area contributed by atoms with Crippen molar-refractivity contribution in [2.24, 2.45) is 5.41 Å². The molecule has 7 heteroatoms. The van der Waals surface area contributed by atoms with Crippen molar-refractivity contribution in [2.45, 2.75) is 76.5 Å². The van der Waals surface area contributed by atoms with Gasteiger partial charge in [0.1, 0.15) is 17.5 Å². The highest BCUT2D eigenvalue weighted by molar-refractivity contribution is 5.78. The van der Waals surface area contributed by atoms with Crippen LogP contribution < -0.4 is 10.6 Å². The molecule has 1 saturated heterocycles. The Balaban J connectivity index is 2.02. The minimum Gasteiger partial charge on any atom is -0.480 e. The second kappa shape index (κ2) is 8.06. The maximum Gasteiger partial charge on any atom is 0.321 e. The Morgan fingerprint density at radius 2 is 1.85 bits per heavy atom. The Kier molecular flexibility index (Phi) is 5.78. The summed E-state index contributed by atoms with van der Waals surface area (Å²) in [5.74, 6) is -2.71. The first-order valence-electron chi connectivity index (χ1n) is 11.6. The normalized spacial score (nSPS) is 28.1. The van der Waals surface area contributed by atoms with Crippen LogP contribution in [0.2, 0.25) is 0 Å². The minimum absolute atomic E-state index is 0.0856. The molecule has 2 heterocycles. The number of aryl methyl sites for hydroxylation is 2. The zero-order chi connectivity index (χ0) is 24.2. The summed E-state index contributed by atoms with van der Waals surface area (Å²) in [4.78, 5) is 16.6. The van der Waals surface area contributed by atoms with Crippen molar-refractivity contribution >= 4 is 11.7 Å². The molecular formula is C26H34FN3O3. The van der Waals surface area contributed by atoms with Crippen LogP contribution in [-0.2, 0) is 10.4 Å². The molecule has 2 fully saturated rings. The van der Waals surface area contributed by atoms with Crippen LogP contribution in [0, 0.1) is 25.1 Å². The Bertz CT molecular complexity index is 1080. The van der Waals surface area contributed by atoms with E-state index in [9.17, 15) is 15.0 Å². The maximum atomic E-state index is 15.5. The quantitative estimate of drug-likeness (QED) is 0.551. The highest BCUT2D eigenvalue weighted by atomic mass is 19.1. The van der Waals surface area contributed by atoms with Crippen molar-refractivity contribution in [3.05, 3.63) is 58.7 Å². The monoisotopic (exact) mass is 455 g/mol. The van der Waals surface area contributed by atoms with Gasteiger partial charge in [0.05, 0.1) is 11.2 Å². The second-order valence-corrected chi connectivity index (χ2v) is 10.5. The summed E-state index contributed by atoms with van der Waals surface area (Å²) in [7, 11) is 1.78. The van der Waals surface area contributed by atoms with Crippen LogP contribution in [0.4, 0.5) is 10.1 Å². The molecule has 0 amide bonds. The average molecular weight is 456 g/mol. The number of aromatic nitrogens is 1. The fourth-order valence-corrected chi connectivity index (χ4v) is 5.95. The van der Waals surface area contributed by atoms with Crippen LogP contribution in [0.3, 0.4) is 0 Å². The van der Waals surface area contributed by atoms with E-state index >= 15 is 4.39 Å². The SMILES string of the molecule is CNc1cc(C)ccc1C1(O)[C@@H](c2ccnc(C)c2F)[C@H](C(=O)O)NC12CCC(C)(C)CC2. The van der Waals surface area contributed by atoms with Gasteiger partial charge in [0, 0.05) is 30.4 Å². The van der Waals surface area contributed by atoms with E-state index in [1.807, 2.05) is 25.1 Å². The van der Waals surface area contributed by atoms with Gasteiger partial charge < -0.3 is 15.5 Å². The first kappa shape index (κ1) is 23.6. The number of carboxylic acid groups (broad SMARTS) is 1. The van der Waals surface area contributed by atoms with Gasteiger partial charge in [0.25, 0.3) is 0 Å². The van der Waals surface area contributed by atoms with Crippen LogP contribution in [0.5, 0.6) is 0 Å². The van der Waals surface area contributed by atoms with Gasteiger partial charge in [-0.15, -0.1) is 0 Å². The molecule has 1 spiro atoms. The Morgan fingerprint density at radius 1 is 1.18 bits per heavy atom. The molecule has 0 bridgehead atoms. The number of nitrogens with zero attached hydrogens (tertiary/aromatic N) is 1. The van der Waals surface area contributed by atoms with E-state index in [0.29, 0.717) is 24.1 Å². The first-order chi connectivity index (χ1) is 15.5. The molecule has 3 atom stereocenters.